The van der Waals surface area contributed by atoms with Gasteiger partial charge < -0.3 is 5.32 Å². The van der Waals surface area contributed by atoms with Crippen molar-refractivity contribution in [2.24, 2.45) is 0 Å². The Balaban J connectivity index is 1.71. The van der Waals surface area contributed by atoms with Crippen LogP contribution in [0.3, 0.4) is 0 Å². The van der Waals surface area contributed by atoms with Gasteiger partial charge in [-0.1, -0.05) is 54.6 Å². The van der Waals surface area contributed by atoms with Crippen LogP contribution in [0, 0.1) is 0 Å². The van der Waals surface area contributed by atoms with Crippen molar-refractivity contribution < 1.29 is 0 Å². The minimum Gasteiger partial charge on any atom is -0.374 e. The van der Waals surface area contributed by atoms with Gasteiger partial charge in [0.15, 0.2) is 0 Å². The summed E-state index contributed by atoms with van der Waals surface area (Å²) in [6, 6.07) is 17.8. The van der Waals surface area contributed by atoms with E-state index in [4.69, 9.17) is 0 Å². The maximum Gasteiger partial charge on any atom is 0.250 e. The molecule has 0 heterocycles. The van der Waals surface area contributed by atoms with E-state index in [-0.39, 0.29) is 11.5 Å². The molecule has 3 aromatic rings. The van der Waals surface area contributed by atoms with Gasteiger partial charge in [0, 0.05) is 0 Å². The van der Waals surface area contributed by atoms with E-state index in [1.807, 2.05) is 42.5 Å². The van der Waals surface area contributed by atoms with E-state index in [0.29, 0.717) is 11.3 Å². The molecule has 0 saturated heterocycles. The maximum absolute atomic E-state index is 12.1. The molecule has 0 unspecified atom stereocenters. The molecule has 3 nitrogen and oxygen atoms in total. The summed E-state index contributed by atoms with van der Waals surface area (Å²) in [6.07, 6.45) is 3.14. The zero-order valence-electron chi connectivity index (χ0n) is 12.7. The average Bonchev–Trinajstić information content (AvgIpc) is 2.62. The first-order valence-corrected chi connectivity index (χ1v) is 7.99. The molecule has 0 aromatic heterocycles. The van der Waals surface area contributed by atoms with E-state index >= 15 is 0 Å². The summed E-state index contributed by atoms with van der Waals surface area (Å²) in [6.45, 7) is 0. The van der Waals surface area contributed by atoms with Crippen LogP contribution in [-0.4, -0.2) is 0 Å². The molecule has 114 valence electrons. The molecular weight excluding hydrogens is 286 g/mol. The monoisotopic (exact) mass is 303 g/mol. The van der Waals surface area contributed by atoms with Gasteiger partial charge >= 0.3 is 0 Å². The Bertz CT molecular complexity index is 920. The van der Waals surface area contributed by atoms with Crippen LogP contribution in [0.5, 0.6) is 0 Å². The van der Waals surface area contributed by atoms with Crippen LogP contribution in [0.25, 0.3) is 11.1 Å². The van der Waals surface area contributed by atoms with Gasteiger partial charge in [-0.3, -0.25) is 9.59 Å². The lowest BCUT2D eigenvalue weighted by Crippen LogP contribution is -2.37. The number of anilines is 1. The summed E-state index contributed by atoms with van der Waals surface area (Å²) in [4.78, 5) is 24.1. The van der Waals surface area contributed by atoms with Crippen molar-refractivity contribution in [3.8, 4) is 11.1 Å². The van der Waals surface area contributed by atoms with Crippen LogP contribution in [0.2, 0.25) is 0 Å². The van der Waals surface area contributed by atoms with Crippen molar-refractivity contribution in [1.29, 1.82) is 0 Å². The van der Waals surface area contributed by atoms with Crippen molar-refractivity contribution in [3.63, 3.8) is 0 Å². The third kappa shape index (κ3) is 2.29. The number of hydrogen-bond acceptors (Lipinski definition) is 3. The lowest BCUT2D eigenvalue weighted by Gasteiger charge is -2.28. The SMILES string of the molecule is O=c1c(N[C@H]2CCCc3ccccc32)c(-c2ccccc2)c1=O. The topological polar surface area (TPSA) is 46.2 Å². The van der Waals surface area contributed by atoms with Crippen LogP contribution in [0.4, 0.5) is 5.69 Å². The Morgan fingerprint density at radius 1 is 0.870 bits per heavy atom. The maximum atomic E-state index is 12.1. The molecule has 0 amide bonds. The average molecular weight is 303 g/mol. The Morgan fingerprint density at radius 3 is 2.43 bits per heavy atom. The van der Waals surface area contributed by atoms with Crippen molar-refractivity contribution in [2.75, 3.05) is 5.32 Å². The quantitative estimate of drug-likeness (QED) is 0.754. The lowest BCUT2D eigenvalue weighted by atomic mass is 9.87. The summed E-state index contributed by atoms with van der Waals surface area (Å²) in [5, 5.41) is 3.35. The molecule has 0 aliphatic heterocycles. The van der Waals surface area contributed by atoms with Gasteiger partial charge in [-0.15, -0.1) is 0 Å². The molecule has 1 atom stereocenters. The van der Waals surface area contributed by atoms with Gasteiger partial charge in [-0.25, -0.2) is 0 Å². The molecule has 3 heteroatoms. The molecule has 0 fully saturated rings. The normalized spacial score (nSPS) is 17.0. The van der Waals surface area contributed by atoms with Crippen LogP contribution < -0.4 is 16.2 Å². The lowest BCUT2D eigenvalue weighted by molar-refractivity contribution is 0.599. The van der Waals surface area contributed by atoms with E-state index < -0.39 is 5.43 Å². The second-order valence-electron chi connectivity index (χ2n) is 6.06. The molecule has 1 aliphatic rings. The molecule has 0 spiro atoms. The molecular formula is C20H17NO2. The molecule has 23 heavy (non-hydrogen) atoms. The summed E-state index contributed by atoms with van der Waals surface area (Å²) in [7, 11) is 0. The van der Waals surface area contributed by atoms with E-state index in [1.165, 1.54) is 11.1 Å². The van der Waals surface area contributed by atoms with Crippen LogP contribution in [-0.2, 0) is 6.42 Å². The first kappa shape index (κ1) is 13.9. The summed E-state index contributed by atoms with van der Waals surface area (Å²) < 4.78 is 0. The molecule has 4 rings (SSSR count). The fourth-order valence-electron chi connectivity index (χ4n) is 3.49. The van der Waals surface area contributed by atoms with Crippen molar-refractivity contribution >= 4 is 5.69 Å². The third-order valence-electron chi connectivity index (χ3n) is 4.66. The highest BCUT2D eigenvalue weighted by Gasteiger charge is 2.27. The van der Waals surface area contributed by atoms with Gasteiger partial charge in [0.2, 0.25) is 10.9 Å². The Morgan fingerprint density at radius 2 is 1.61 bits per heavy atom. The molecule has 0 radical (unpaired) electrons. The predicted octanol–water partition coefficient (Wildman–Crippen LogP) is 3.44. The fourth-order valence-corrected chi connectivity index (χ4v) is 3.49. The number of benzene rings is 2. The van der Waals surface area contributed by atoms with Crippen molar-refractivity contribution in [3.05, 3.63) is 86.2 Å². The van der Waals surface area contributed by atoms with Gasteiger partial charge in [-0.05, 0) is 36.0 Å². The number of aryl methyl sites for hydroxylation is 1. The Hall–Kier alpha value is -2.68. The van der Waals surface area contributed by atoms with Gasteiger partial charge in [0.05, 0.1) is 17.3 Å². The number of nitrogens with one attached hydrogen (secondary N) is 1. The predicted molar refractivity (Wildman–Crippen MR) is 92.5 cm³/mol. The smallest absolute Gasteiger partial charge is 0.250 e. The first-order valence-electron chi connectivity index (χ1n) is 7.99. The fraction of sp³-hybridized carbons (Fsp3) is 0.200. The third-order valence-corrected chi connectivity index (χ3v) is 4.66. The zero-order chi connectivity index (χ0) is 15.8. The van der Waals surface area contributed by atoms with E-state index in [9.17, 15) is 9.59 Å². The summed E-state index contributed by atoms with van der Waals surface area (Å²) >= 11 is 0. The molecule has 0 saturated carbocycles. The highest BCUT2D eigenvalue weighted by Crippen LogP contribution is 2.34. The Kier molecular flexibility index (Phi) is 3.34. The summed E-state index contributed by atoms with van der Waals surface area (Å²) in [5.74, 6) is 0. The largest absolute Gasteiger partial charge is 0.374 e. The minimum atomic E-state index is -0.396. The van der Waals surface area contributed by atoms with E-state index in [2.05, 4.69) is 17.4 Å². The van der Waals surface area contributed by atoms with E-state index in [1.54, 1.807) is 0 Å². The summed E-state index contributed by atoms with van der Waals surface area (Å²) in [5.41, 5.74) is 3.60. The van der Waals surface area contributed by atoms with Crippen molar-refractivity contribution in [2.45, 2.75) is 25.3 Å². The minimum absolute atomic E-state index is 0.103. The molecule has 0 bridgehead atoms. The highest BCUT2D eigenvalue weighted by molar-refractivity contribution is 5.82. The van der Waals surface area contributed by atoms with Crippen molar-refractivity contribution in [1.82, 2.24) is 0 Å². The van der Waals surface area contributed by atoms with Gasteiger partial charge in [0.25, 0.3) is 0 Å². The van der Waals surface area contributed by atoms with Gasteiger partial charge in [-0.2, -0.15) is 0 Å². The van der Waals surface area contributed by atoms with Crippen LogP contribution in [0.15, 0.2) is 64.2 Å². The Labute approximate surface area is 134 Å². The zero-order valence-corrected chi connectivity index (χ0v) is 12.7. The molecule has 3 aromatic carbocycles. The first-order chi connectivity index (χ1) is 11.3. The standard InChI is InChI=1S/C20H17NO2/c22-19-17(14-8-2-1-3-9-14)18(20(19)23)21-16-12-6-10-13-7-4-5-11-15(13)16/h1-5,7-9,11,16,21H,6,10,12H2/t16-/m0/s1. The molecule has 1 N–H and O–H groups in total. The molecule has 1 aliphatic carbocycles. The van der Waals surface area contributed by atoms with Crippen LogP contribution in [0.1, 0.15) is 30.0 Å². The number of rotatable bonds is 3. The van der Waals surface area contributed by atoms with E-state index in [0.717, 1.165) is 24.8 Å². The second kappa shape index (κ2) is 5.51. The highest BCUT2D eigenvalue weighted by atomic mass is 16.2. The number of hydrogen-bond donors (Lipinski definition) is 1. The second-order valence-corrected chi connectivity index (χ2v) is 6.06. The number of fused-ring (bicyclic) bond motifs is 1. The van der Waals surface area contributed by atoms with Gasteiger partial charge in [0.1, 0.15) is 0 Å². The van der Waals surface area contributed by atoms with Crippen LogP contribution >= 0.6 is 0 Å².